The third-order valence-corrected chi connectivity index (χ3v) is 5.74. The van der Waals surface area contributed by atoms with Gasteiger partial charge in [-0.3, -0.25) is 4.79 Å². The van der Waals surface area contributed by atoms with E-state index in [1.165, 1.54) is 4.31 Å². The zero-order valence-electron chi connectivity index (χ0n) is 15.7. The molecule has 1 saturated heterocycles. The molecular formula is C16H31N3O5S. The van der Waals surface area contributed by atoms with Crippen LogP contribution in [-0.2, 0) is 19.6 Å². The first kappa shape index (κ1) is 21.7. The molecule has 1 aliphatic rings. The summed E-state index contributed by atoms with van der Waals surface area (Å²) in [5.74, 6) is -0.146. The summed E-state index contributed by atoms with van der Waals surface area (Å²) in [5.41, 5.74) is 0. The molecule has 0 aromatic heterocycles. The van der Waals surface area contributed by atoms with Crippen molar-refractivity contribution in [3.63, 3.8) is 0 Å². The van der Waals surface area contributed by atoms with E-state index in [1.807, 2.05) is 13.8 Å². The van der Waals surface area contributed by atoms with E-state index in [0.29, 0.717) is 32.5 Å². The standard InChI is InChI=1S/C16H31N3O5S/c1-5-13(3)17-15(20)9-12-19(25(4,22)23)14-7-10-18(11-8-14)16(21)24-6-2/h13-14H,5-12H2,1-4H3,(H,17,20). The van der Waals surface area contributed by atoms with E-state index in [-0.39, 0.29) is 37.0 Å². The van der Waals surface area contributed by atoms with Crippen molar-refractivity contribution in [2.45, 2.75) is 58.5 Å². The molecule has 1 aliphatic heterocycles. The van der Waals surface area contributed by atoms with E-state index < -0.39 is 10.0 Å². The van der Waals surface area contributed by atoms with E-state index in [0.717, 1.165) is 12.7 Å². The van der Waals surface area contributed by atoms with Crippen LogP contribution < -0.4 is 5.32 Å². The van der Waals surface area contributed by atoms with Crippen LogP contribution >= 0.6 is 0 Å². The van der Waals surface area contributed by atoms with Gasteiger partial charge in [-0.2, -0.15) is 4.31 Å². The van der Waals surface area contributed by atoms with Crippen LogP contribution in [0.4, 0.5) is 4.79 Å². The third-order valence-electron chi connectivity index (χ3n) is 4.40. The molecule has 0 aromatic rings. The lowest BCUT2D eigenvalue weighted by atomic mass is 10.1. The lowest BCUT2D eigenvalue weighted by Crippen LogP contribution is -2.49. The zero-order chi connectivity index (χ0) is 19.0. The SMILES string of the molecule is CCOC(=O)N1CCC(N(CCC(=O)NC(C)CC)S(C)(=O)=O)CC1. The second-order valence-electron chi connectivity index (χ2n) is 6.42. The number of nitrogens with zero attached hydrogens (tertiary/aromatic N) is 2. The Morgan fingerprint density at radius 2 is 1.88 bits per heavy atom. The van der Waals surface area contributed by atoms with Crippen molar-refractivity contribution in [3.8, 4) is 0 Å². The van der Waals surface area contributed by atoms with Crippen LogP contribution in [0.3, 0.4) is 0 Å². The maximum Gasteiger partial charge on any atom is 0.409 e. The highest BCUT2D eigenvalue weighted by Gasteiger charge is 2.32. The number of piperidine rings is 1. The molecule has 0 saturated carbocycles. The van der Waals surface area contributed by atoms with E-state index in [4.69, 9.17) is 4.74 Å². The molecule has 1 unspecified atom stereocenters. The highest BCUT2D eigenvalue weighted by atomic mass is 32.2. The van der Waals surface area contributed by atoms with Crippen LogP contribution in [0.25, 0.3) is 0 Å². The fraction of sp³-hybridized carbons (Fsp3) is 0.875. The van der Waals surface area contributed by atoms with Crippen molar-refractivity contribution in [1.82, 2.24) is 14.5 Å². The van der Waals surface area contributed by atoms with Gasteiger partial charge in [0.2, 0.25) is 15.9 Å². The van der Waals surface area contributed by atoms with Gasteiger partial charge in [0.15, 0.2) is 0 Å². The zero-order valence-corrected chi connectivity index (χ0v) is 16.5. The van der Waals surface area contributed by atoms with Crippen molar-refractivity contribution in [1.29, 1.82) is 0 Å². The molecule has 0 aromatic carbocycles. The Balaban J connectivity index is 2.60. The number of sulfonamides is 1. The molecule has 2 amide bonds. The number of hydrogen-bond acceptors (Lipinski definition) is 5. The molecule has 0 spiro atoms. The summed E-state index contributed by atoms with van der Waals surface area (Å²) >= 11 is 0. The Bertz CT molecular complexity index is 544. The minimum atomic E-state index is -3.42. The molecule has 0 aliphatic carbocycles. The van der Waals surface area contributed by atoms with E-state index in [1.54, 1.807) is 11.8 Å². The topological polar surface area (TPSA) is 96.0 Å². The van der Waals surface area contributed by atoms with Gasteiger partial charge in [0, 0.05) is 38.1 Å². The number of likely N-dealkylation sites (tertiary alicyclic amines) is 1. The second kappa shape index (κ2) is 9.96. The predicted molar refractivity (Wildman–Crippen MR) is 95.7 cm³/mol. The van der Waals surface area contributed by atoms with Crippen LogP contribution in [-0.4, -0.2) is 74.2 Å². The molecule has 1 rings (SSSR count). The van der Waals surface area contributed by atoms with E-state index in [9.17, 15) is 18.0 Å². The summed E-state index contributed by atoms with van der Waals surface area (Å²) in [5, 5.41) is 2.85. The average molecular weight is 378 g/mol. The highest BCUT2D eigenvalue weighted by molar-refractivity contribution is 7.88. The molecular weight excluding hydrogens is 346 g/mol. The van der Waals surface area contributed by atoms with Gasteiger partial charge in [-0.15, -0.1) is 0 Å². The van der Waals surface area contributed by atoms with Gasteiger partial charge < -0.3 is 15.0 Å². The van der Waals surface area contributed by atoms with Gasteiger partial charge in [-0.1, -0.05) is 6.92 Å². The Hall–Kier alpha value is -1.35. The first-order valence-corrected chi connectivity index (χ1v) is 10.7. The molecule has 0 bridgehead atoms. The van der Waals surface area contributed by atoms with Gasteiger partial charge in [-0.05, 0) is 33.1 Å². The maximum absolute atomic E-state index is 12.1. The normalized spacial score (nSPS) is 17.4. The van der Waals surface area contributed by atoms with Gasteiger partial charge in [0.25, 0.3) is 0 Å². The van der Waals surface area contributed by atoms with Crippen LogP contribution in [0.2, 0.25) is 0 Å². The van der Waals surface area contributed by atoms with Crippen molar-refractivity contribution in [3.05, 3.63) is 0 Å². The maximum atomic E-state index is 12.1. The van der Waals surface area contributed by atoms with Crippen LogP contribution in [0.15, 0.2) is 0 Å². The molecule has 9 heteroatoms. The number of carbonyl (C=O) groups is 2. The Labute approximate surface area is 150 Å². The van der Waals surface area contributed by atoms with Gasteiger partial charge >= 0.3 is 6.09 Å². The minimum Gasteiger partial charge on any atom is -0.450 e. The number of ether oxygens (including phenoxy) is 1. The first-order valence-electron chi connectivity index (χ1n) is 8.86. The number of hydrogen-bond donors (Lipinski definition) is 1. The van der Waals surface area contributed by atoms with Gasteiger partial charge in [0.05, 0.1) is 12.9 Å². The fourth-order valence-electron chi connectivity index (χ4n) is 2.83. The summed E-state index contributed by atoms with van der Waals surface area (Å²) < 4.78 is 30.6. The molecule has 0 radical (unpaired) electrons. The van der Waals surface area contributed by atoms with Crippen LogP contribution in [0.1, 0.15) is 46.5 Å². The molecule has 146 valence electrons. The smallest absolute Gasteiger partial charge is 0.409 e. The van der Waals surface area contributed by atoms with E-state index >= 15 is 0 Å². The fourth-order valence-corrected chi connectivity index (χ4v) is 4.01. The largest absolute Gasteiger partial charge is 0.450 e. The van der Waals surface area contributed by atoms with Crippen molar-refractivity contribution >= 4 is 22.0 Å². The van der Waals surface area contributed by atoms with Crippen molar-refractivity contribution in [2.75, 3.05) is 32.5 Å². The van der Waals surface area contributed by atoms with Crippen LogP contribution in [0.5, 0.6) is 0 Å². The molecule has 1 N–H and O–H groups in total. The van der Waals surface area contributed by atoms with Gasteiger partial charge in [0.1, 0.15) is 0 Å². The number of carbonyl (C=O) groups excluding carboxylic acids is 2. The Kier molecular flexibility index (Phi) is 8.64. The quantitative estimate of drug-likeness (QED) is 0.685. The summed E-state index contributed by atoms with van der Waals surface area (Å²) in [4.78, 5) is 25.3. The van der Waals surface area contributed by atoms with Gasteiger partial charge in [-0.25, -0.2) is 13.2 Å². The first-order chi connectivity index (χ1) is 11.7. The molecule has 1 atom stereocenters. The second-order valence-corrected chi connectivity index (χ2v) is 8.35. The third kappa shape index (κ3) is 7.19. The molecule has 1 fully saturated rings. The minimum absolute atomic E-state index is 0.0759. The Morgan fingerprint density at radius 1 is 1.28 bits per heavy atom. The monoisotopic (exact) mass is 377 g/mol. The number of nitrogens with one attached hydrogen (secondary N) is 1. The number of rotatable bonds is 8. The summed E-state index contributed by atoms with van der Waals surface area (Å²) in [6, 6.07) is -0.121. The van der Waals surface area contributed by atoms with Crippen LogP contribution in [0, 0.1) is 0 Å². The lowest BCUT2D eigenvalue weighted by molar-refractivity contribution is -0.121. The Morgan fingerprint density at radius 3 is 2.36 bits per heavy atom. The highest BCUT2D eigenvalue weighted by Crippen LogP contribution is 2.20. The van der Waals surface area contributed by atoms with Crippen molar-refractivity contribution in [2.24, 2.45) is 0 Å². The summed E-state index contributed by atoms with van der Waals surface area (Å²) in [6.07, 6.45) is 2.85. The molecule has 25 heavy (non-hydrogen) atoms. The predicted octanol–water partition coefficient (Wildman–Crippen LogP) is 1.17. The lowest BCUT2D eigenvalue weighted by Gasteiger charge is -2.36. The molecule has 1 heterocycles. The van der Waals surface area contributed by atoms with Crippen molar-refractivity contribution < 1.29 is 22.7 Å². The van der Waals surface area contributed by atoms with E-state index in [2.05, 4.69) is 5.32 Å². The number of amides is 2. The molecule has 8 nitrogen and oxygen atoms in total. The summed E-state index contributed by atoms with van der Waals surface area (Å²) in [7, 11) is -3.42. The summed E-state index contributed by atoms with van der Waals surface area (Å²) in [6.45, 7) is 7.02. The average Bonchev–Trinajstić information content (AvgIpc) is 2.54.